The van der Waals surface area contributed by atoms with Crippen LogP contribution in [0.5, 0.6) is 0 Å². The zero-order chi connectivity index (χ0) is 8.69. The van der Waals surface area contributed by atoms with Gasteiger partial charge in [0.15, 0.2) is 0 Å². The van der Waals surface area contributed by atoms with Crippen LogP contribution in [0.15, 0.2) is 0 Å². The molecule has 1 unspecified atom stereocenters. The van der Waals surface area contributed by atoms with Gasteiger partial charge in [0.25, 0.3) is 0 Å². The monoisotopic (exact) mass is 231 g/mol. The van der Waals surface area contributed by atoms with Crippen molar-refractivity contribution in [3.05, 3.63) is 0 Å². The molecule has 0 radical (unpaired) electrons. The van der Waals surface area contributed by atoms with Gasteiger partial charge in [-0.3, -0.25) is 4.79 Å². The van der Waals surface area contributed by atoms with Crippen molar-refractivity contribution >= 4 is 30.7 Å². The lowest BCUT2D eigenvalue weighted by molar-refractivity contribution is -0.122. The van der Waals surface area contributed by atoms with Crippen LogP contribution in [0.1, 0.15) is 19.3 Å². The molecule has 0 bridgehead atoms. The van der Waals surface area contributed by atoms with E-state index in [-0.39, 0.29) is 36.8 Å². The maximum Gasteiger partial charge on any atom is 0.236 e. The van der Waals surface area contributed by atoms with Gasteiger partial charge in [0, 0.05) is 7.05 Å². The summed E-state index contributed by atoms with van der Waals surface area (Å²) in [4.78, 5) is 10.8. The summed E-state index contributed by atoms with van der Waals surface area (Å²) in [6, 6.07) is -0.369. The zero-order valence-corrected chi connectivity index (χ0v) is 9.42. The molecule has 0 saturated carbocycles. The minimum Gasteiger partial charge on any atom is -0.358 e. The fraction of sp³-hybridized carbons (Fsp3) is 0.857. The largest absolute Gasteiger partial charge is 0.358 e. The predicted molar refractivity (Wildman–Crippen MR) is 59.4 cm³/mol. The van der Waals surface area contributed by atoms with Crippen LogP contribution in [0.3, 0.4) is 0 Å². The molecule has 0 aromatic carbocycles. The molecule has 6 heteroatoms. The zero-order valence-electron chi connectivity index (χ0n) is 7.79. The van der Waals surface area contributed by atoms with Crippen molar-refractivity contribution in [1.82, 2.24) is 5.32 Å². The minimum absolute atomic E-state index is 0. The van der Waals surface area contributed by atoms with E-state index >= 15 is 0 Å². The van der Waals surface area contributed by atoms with Crippen molar-refractivity contribution in [1.29, 1.82) is 0 Å². The van der Waals surface area contributed by atoms with Gasteiger partial charge in [-0.2, -0.15) is 0 Å². The van der Waals surface area contributed by atoms with Crippen LogP contribution in [0.4, 0.5) is 0 Å². The molecule has 0 saturated heterocycles. The van der Waals surface area contributed by atoms with Crippen LogP contribution in [0.25, 0.3) is 0 Å². The summed E-state index contributed by atoms with van der Waals surface area (Å²) in [7, 11) is 1.59. The molecule has 0 aliphatic heterocycles. The Morgan fingerprint density at radius 2 is 1.92 bits per heavy atom. The van der Waals surface area contributed by atoms with E-state index in [1.807, 2.05) is 0 Å². The average Bonchev–Trinajstić information content (AvgIpc) is 2.03. The number of hydrogen-bond donors (Lipinski definition) is 3. The summed E-state index contributed by atoms with van der Waals surface area (Å²) in [5.74, 6) is -0.0954. The number of halogens is 2. The molecule has 4 nitrogen and oxygen atoms in total. The summed E-state index contributed by atoms with van der Waals surface area (Å²) in [5, 5.41) is 2.50. The Balaban J connectivity index is -0.000000500. The Kier molecular flexibility index (Phi) is 17.2. The van der Waals surface area contributed by atoms with Crippen LogP contribution in [0, 0.1) is 0 Å². The van der Waals surface area contributed by atoms with E-state index in [0.29, 0.717) is 6.54 Å². The van der Waals surface area contributed by atoms with Crippen LogP contribution in [0.2, 0.25) is 0 Å². The standard InChI is InChI=1S/C7H17N3O.2ClH/c1-10-7(11)6(9)4-2-3-5-8;;/h6H,2-5,8-9H2,1H3,(H,10,11);2*1H. The highest BCUT2D eigenvalue weighted by molar-refractivity contribution is 5.85. The Bertz CT molecular complexity index is 124. The smallest absolute Gasteiger partial charge is 0.236 e. The van der Waals surface area contributed by atoms with E-state index in [0.717, 1.165) is 19.3 Å². The first-order valence-corrected chi connectivity index (χ1v) is 3.89. The number of hydrogen-bond acceptors (Lipinski definition) is 3. The number of rotatable bonds is 5. The number of unbranched alkanes of at least 4 members (excludes halogenated alkanes) is 1. The summed E-state index contributed by atoms with van der Waals surface area (Å²) >= 11 is 0. The maximum absolute atomic E-state index is 10.8. The molecule has 0 aliphatic carbocycles. The second-order valence-electron chi connectivity index (χ2n) is 2.51. The third-order valence-corrected chi connectivity index (χ3v) is 1.55. The third-order valence-electron chi connectivity index (χ3n) is 1.55. The molecule has 0 aliphatic rings. The third kappa shape index (κ3) is 9.89. The molecule has 0 aromatic heterocycles. The summed E-state index contributed by atoms with van der Waals surface area (Å²) < 4.78 is 0. The van der Waals surface area contributed by atoms with Crippen LogP contribution in [-0.4, -0.2) is 25.5 Å². The molecule has 1 amide bonds. The summed E-state index contributed by atoms with van der Waals surface area (Å²) in [6.45, 7) is 0.667. The van der Waals surface area contributed by atoms with Gasteiger partial charge in [-0.05, 0) is 19.4 Å². The Labute approximate surface area is 91.6 Å². The SMILES string of the molecule is CNC(=O)C(N)CCCCN.Cl.Cl. The molecule has 1 atom stereocenters. The van der Waals surface area contributed by atoms with Gasteiger partial charge in [0.2, 0.25) is 5.91 Å². The van der Waals surface area contributed by atoms with E-state index in [1.54, 1.807) is 7.05 Å². The number of likely N-dealkylation sites (N-methyl/N-ethyl adjacent to an activating group) is 1. The van der Waals surface area contributed by atoms with Crippen molar-refractivity contribution in [2.24, 2.45) is 11.5 Å². The number of carbonyl (C=O) groups excluding carboxylic acids is 1. The highest BCUT2D eigenvalue weighted by Gasteiger charge is 2.09. The van der Waals surface area contributed by atoms with E-state index in [9.17, 15) is 4.79 Å². The Hall–Kier alpha value is -0.0300. The molecule has 0 spiro atoms. The molecule has 13 heavy (non-hydrogen) atoms. The number of nitrogens with two attached hydrogens (primary N) is 2. The molecule has 5 N–H and O–H groups in total. The summed E-state index contributed by atoms with van der Waals surface area (Å²) in [6.07, 6.45) is 2.58. The van der Waals surface area contributed by atoms with Gasteiger partial charge in [-0.15, -0.1) is 24.8 Å². The van der Waals surface area contributed by atoms with E-state index < -0.39 is 0 Å². The maximum atomic E-state index is 10.8. The molecule has 0 heterocycles. The first-order chi connectivity index (χ1) is 5.22. The minimum atomic E-state index is -0.369. The molecular formula is C7H19Cl2N3O. The van der Waals surface area contributed by atoms with Crippen molar-refractivity contribution < 1.29 is 4.79 Å². The quantitative estimate of drug-likeness (QED) is 0.585. The molecule has 82 valence electrons. The van der Waals surface area contributed by atoms with Crippen LogP contribution in [-0.2, 0) is 4.79 Å². The van der Waals surface area contributed by atoms with Crippen molar-refractivity contribution in [2.75, 3.05) is 13.6 Å². The number of carbonyl (C=O) groups is 1. The summed E-state index contributed by atoms with van der Waals surface area (Å²) in [5.41, 5.74) is 10.8. The van der Waals surface area contributed by atoms with Gasteiger partial charge in [0.05, 0.1) is 6.04 Å². The Morgan fingerprint density at radius 3 is 2.31 bits per heavy atom. The van der Waals surface area contributed by atoms with E-state index in [4.69, 9.17) is 11.5 Å². The van der Waals surface area contributed by atoms with Crippen molar-refractivity contribution in [2.45, 2.75) is 25.3 Å². The first kappa shape index (κ1) is 18.7. The van der Waals surface area contributed by atoms with E-state index in [2.05, 4.69) is 5.32 Å². The molecule has 0 rings (SSSR count). The van der Waals surface area contributed by atoms with Gasteiger partial charge in [-0.1, -0.05) is 6.42 Å². The average molecular weight is 232 g/mol. The van der Waals surface area contributed by atoms with Gasteiger partial charge in [-0.25, -0.2) is 0 Å². The predicted octanol–water partition coefficient (Wildman–Crippen LogP) is 0.0323. The van der Waals surface area contributed by atoms with Crippen molar-refractivity contribution in [3.63, 3.8) is 0 Å². The first-order valence-electron chi connectivity index (χ1n) is 3.89. The second-order valence-corrected chi connectivity index (χ2v) is 2.51. The molecular weight excluding hydrogens is 213 g/mol. The topological polar surface area (TPSA) is 81.1 Å². The van der Waals surface area contributed by atoms with Crippen LogP contribution < -0.4 is 16.8 Å². The van der Waals surface area contributed by atoms with Gasteiger partial charge in [0.1, 0.15) is 0 Å². The van der Waals surface area contributed by atoms with Gasteiger partial charge < -0.3 is 16.8 Å². The van der Waals surface area contributed by atoms with E-state index in [1.165, 1.54) is 0 Å². The fourth-order valence-electron chi connectivity index (χ4n) is 0.825. The highest BCUT2D eigenvalue weighted by Crippen LogP contribution is 1.97. The number of nitrogens with one attached hydrogen (secondary N) is 1. The normalized spacial score (nSPS) is 10.7. The van der Waals surface area contributed by atoms with Crippen LogP contribution >= 0.6 is 24.8 Å². The Morgan fingerprint density at radius 1 is 1.38 bits per heavy atom. The second kappa shape index (κ2) is 12.0. The highest BCUT2D eigenvalue weighted by atomic mass is 35.5. The van der Waals surface area contributed by atoms with Crippen molar-refractivity contribution in [3.8, 4) is 0 Å². The molecule has 0 fully saturated rings. The fourth-order valence-corrected chi connectivity index (χ4v) is 0.825. The number of amides is 1. The van der Waals surface area contributed by atoms with Gasteiger partial charge >= 0.3 is 0 Å². The lowest BCUT2D eigenvalue weighted by atomic mass is 10.1. The lowest BCUT2D eigenvalue weighted by Gasteiger charge is -2.08. The molecule has 0 aromatic rings. The lowest BCUT2D eigenvalue weighted by Crippen LogP contribution is -2.38.